The van der Waals surface area contributed by atoms with Crippen molar-refractivity contribution in [2.24, 2.45) is 10.9 Å². The van der Waals surface area contributed by atoms with Crippen LogP contribution in [0.2, 0.25) is 0 Å². The van der Waals surface area contributed by atoms with Crippen LogP contribution < -0.4 is 16.0 Å². The monoisotopic (exact) mass is 528 g/mol. The predicted octanol–water partition coefficient (Wildman–Crippen LogP) is 4.07. The summed E-state index contributed by atoms with van der Waals surface area (Å²) in [6, 6.07) is 4.71. The molecule has 1 saturated carbocycles. The van der Waals surface area contributed by atoms with Crippen molar-refractivity contribution in [2.45, 2.75) is 44.9 Å². The molecule has 1 amide bonds. The minimum atomic E-state index is -4.38. The number of aliphatic imine (C=N–C) groups is 1. The quantitative estimate of drug-likeness (QED) is 0.284. The Bertz CT molecular complexity index is 696. The summed E-state index contributed by atoms with van der Waals surface area (Å²) in [4.78, 5) is 15.8. The molecule has 0 aliphatic heterocycles. The molecule has 0 bridgehead atoms. The van der Waals surface area contributed by atoms with Gasteiger partial charge in [-0.15, -0.1) is 24.0 Å². The molecule has 2 atom stereocenters. The third-order valence-corrected chi connectivity index (χ3v) is 4.55. The number of carbonyl (C=O) groups is 1. The summed E-state index contributed by atoms with van der Waals surface area (Å²) in [5.41, 5.74) is -0.185. The van der Waals surface area contributed by atoms with Crippen LogP contribution in [0, 0.1) is 5.92 Å². The molecule has 164 valence electrons. The number of ether oxygens (including phenoxy) is 1. The Morgan fingerprint density at radius 2 is 2.00 bits per heavy atom. The maximum absolute atomic E-state index is 12.9. The standard InChI is InChI=1S/C19H27F3N4O2.HI/c1-4-28-18(27)26-16(13-8-9-13)11-24-17(23-3)25-12(2)14-6-5-7-15(10-14)19(20,21)22;/h5-7,10,12-13,16H,4,8-9,11H2,1-3H3,(H,26,27)(H2,23,24,25);1H. The first-order chi connectivity index (χ1) is 13.2. The molecule has 1 aliphatic carbocycles. The fourth-order valence-corrected chi connectivity index (χ4v) is 2.83. The van der Waals surface area contributed by atoms with E-state index in [4.69, 9.17) is 4.74 Å². The summed E-state index contributed by atoms with van der Waals surface area (Å²) >= 11 is 0. The van der Waals surface area contributed by atoms with Crippen molar-refractivity contribution < 1.29 is 22.7 Å². The number of guanidine groups is 1. The summed E-state index contributed by atoms with van der Waals surface area (Å²) in [5.74, 6) is 0.831. The molecular weight excluding hydrogens is 500 g/mol. The number of nitrogens with zero attached hydrogens (tertiary/aromatic N) is 1. The highest BCUT2D eigenvalue weighted by molar-refractivity contribution is 14.0. The zero-order valence-corrected chi connectivity index (χ0v) is 19.0. The first-order valence-corrected chi connectivity index (χ1v) is 9.32. The first kappa shape index (κ1) is 25.3. The lowest BCUT2D eigenvalue weighted by Gasteiger charge is -2.22. The van der Waals surface area contributed by atoms with Crippen LogP contribution in [0.5, 0.6) is 0 Å². The molecular formula is C19H28F3IN4O2. The highest BCUT2D eigenvalue weighted by atomic mass is 127. The molecule has 1 aromatic rings. The Morgan fingerprint density at radius 1 is 1.31 bits per heavy atom. The number of benzene rings is 1. The average molecular weight is 528 g/mol. The molecule has 1 aliphatic rings. The number of carbonyl (C=O) groups excluding carboxylic acids is 1. The van der Waals surface area contributed by atoms with E-state index < -0.39 is 17.8 Å². The largest absolute Gasteiger partial charge is 0.450 e. The predicted molar refractivity (Wildman–Crippen MR) is 116 cm³/mol. The van der Waals surface area contributed by atoms with Crippen molar-refractivity contribution in [1.82, 2.24) is 16.0 Å². The van der Waals surface area contributed by atoms with Crippen LogP contribution in [0.3, 0.4) is 0 Å². The molecule has 10 heteroatoms. The third kappa shape index (κ3) is 8.27. The van der Waals surface area contributed by atoms with Gasteiger partial charge in [-0.3, -0.25) is 4.99 Å². The van der Waals surface area contributed by atoms with E-state index in [0.29, 0.717) is 30.6 Å². The summed E-state index contributed by atoms with van der Waals surface area (Å²) in [7, 11) is 1.58. The van der Waals surface area contributed by atoms with Crippen LogP contribution >= 0.6 is 24.0 Å². The van der Waals surface area contributed by atoms with E-state index in [9.17, 15) is 18.0 Å². The van der Waals surface area contributed by atoms with Gasteiger partial charge in [0.05, 0.1) is 24.3 Å². The van der Waals surface area contributed by atoms with Crippen molar-refractivity contribution >= 4 is 36.0 Å². The number of hydrogen-bond donors (Lipinski definition) is 3. The Hall–Kier alpha value is -1.72. The molecule has 3 N–H and O–H groups in total. The van der Waals surface area contributed by atoms with Gasteiger partial charge in [-0.05, 0) is 50.3 Å². The van der Waals surface area contributed by atoms with E-state index in [-0.39, 0.29) is 36.1 Å². The molecule has 0 heterocycles. The number of amides is 1. The third-order valence-electron chi connectivity index (χ3n) is 4.55. The van der Waals surface area contributed by atoms with Gasteiger partial charge in [0.2, 0.25) is 0 Å². The van der Waals surface area contributed by atoms with Crippen LogP contribution in [0.1, 0.15) is 43.9 Å². The van der Waals surface area contributed by atoms with E-state index in [1.54, 1.807) is 27.0 Å². The maximum atomic E-state index is 12.9. The zero-order chi connectivity index (χ0) is 20.7. The lowest BCUT2D eigenvalue weighted by atomic mass is 10.1. The highest BCUT2D eigenvalue weighted by Crippen LogP contribution is 2.32. The topological polar surface area (TPSA) is 74.8 Å². The molecule has 0 spiro atoms. The Kier molecular flexibility index (Phi) is 10.0. The van der Waals surface area contributed by atoms with Gasteiger partial charge in [-0.2, -0.15) is 13.2 Å². The number of halogens is 4. The summed E-state index contributed by atoms with van der Waals surface area (Å²) in [5, 5.41) is 9.05. The van der Waals surface area contributed by atoms with E-state index in [2.05, 4.69) is 20.9 Å². The Morgan fingerprint density at radius 3 is 2.55 bits per heavy atom. The second kappa shape index (κ2) is 11.5. The van der Waals surface area contributed by atoms with Crippen LogP contribution in [-0.2, 0) is 10.9 Å². The fourth-order valence-electron chi connectivity index (χ4n) is 2.83. The number of nitrogens with one attached hydrogen (secondary N) is 3. The minimum Gasteiger partial charge on any atom is -0.450 e. The molecule has 6 nitrogen and oxygen atoms in total. The summed E-state index contributed by atoms with van der Waals surface area (Å²) in [6.45, 7) is 4.25. The first-order valence-electron chi connectivity index (χ1n) is 9.32. The van der Waals surface area contributed by atoms with Crippen molar-refractivity contribution in [1.29, 1.82) is 0 Å². The molecule has 0 aromatic heterocycles. The van der Waals surface area contributed by atoms with Gasteiger partial charge in [0.25, 0.3) is 0 Å². The van der Waals surface area contributed by atoms with Gasteiger partial charge >= 0.3 is 12.3 Å². The fraction of sp³-hybridized carbons (Fsp3) is 0.579. The van der Waals surface area contributed by atoms with E-state index in [1.807, 2.05) is 0 Å². The van der Waals surface area contributed by atoms with Gasteiger partial charge in [0.15, 0.2) is 5.96 Å². The smallest absolute Gasteiger partial charge is 0.416 e. The van der Waals surface area contributed by atoms with Crippen LogP contribution in [0.15, 0.2) is 29.3 Å². The molecule has 1 aromatic carbocycles. The van der Waals surface area contributed by atoms with Crippen LogP contribution in [0.4, 0.5) is 18.0 Å². The second-order valence-corrected chi connectivity index (χ2v) is 6.75. The summed E-state index contributed by atoms with van der Waals surface area (Å²) in [6.07, 6.45) is -2.77. The molecule has 29 heavy (non-hydrogen) atoms. The average Bonchev–Trinajstić information content (AvgIpc) is 3.48. The maximum Gasteiger partial charge on any atom is 0.416 e. The number of alkyl halides is 3. The number of rotatable bonds is 7. The van der Waals surface area contributed by atoms with Gasteiger partial charge < -0.3 is 20.7 Å². The lowest BCUT2D eigenvalue weighted by Crippen LogP contribution is -2.48. The van der Waals surface area contributed by atoms with Crippen molar-refractivity contribution in [2.75, 3.05) is 20.2 Å². The molecule has 1 fully saturated rings. The lowest BCUT2D eigenvalue weighted by molar-refractivity contribution is -0.137. The van der Waals surface area contributed by atoms with Gasteiger partial charge in [0, 0.05) is 13.6 Å². The van der Waals surface area contributed by atoms with Crippen molar-refractivity contribution in [3.05, 3.63) is 35.4 Å². The van der Waals surface area contributed by atoms with E-state index in [1.165, 1.54) is 6.07 Å². The normalized spacial score (nSPS) is 16.3. The minimum absolute atomic E-state index is 0. The van der Waals surface area contributed by atoms with Crippen LogP contribution in [0.25, 0.3) is 0 Å². The van der Waals surface area contributed by atoms with E-state index >= 15 is 0 Å². The Balaban J connectivity index is 0.00000420. The second-order valence-electron chi connectivity index (χ2n) is 6.75. The Labute approximate surface area is 186 Å². The molecule has 0 radical (unpaired) electrons. The van der Waals surface area contributed by atoms with Crippen LogP contribution in [-0.4, -0.2) is 38.3 Å². The SMILES string of the molecule is CCOC(=O)NC(CNC(=NC)NC(C)c1cccc(C(F)(F)F)c1)C1CC1.I. The summed E-state index contributed by atoms with van der Waals surface area (Å²) < 4.78 is 43.7. The van der Waals surface area contributed by atoms with Crippen molar-refractivity contribution in [3.8, 4) is 0 Å². The number of alkyl carbamates (subject to hydrolysis) is 1. The molecule has 0 saturated heterocycles. The van der Waals surface area contributed by atoms with Gasteiger partial charge in [-0.25, -0.2) is 4.79 Å². The number of hydrogen-bond acceptors (Lipinski definition) is 3. The van der Waals surface area contributed by atoms with E-state index in [0.717, 1.165) is 25.0 Å². The van der Waals surface area contributed by atoms with Crippen molar-refractivity contribution in [3.63, 3.8) is 0 Å². The van der Waals surface area contributed by atoms with Gasteiger partial charge in [-0.1, -0.05) is 12.1 Å². The highest BCUT2D eigenvalue weighted by Gasteiger charge is 2.33. The zero-order valence-electron chi connectivity index (χ0n) is 16.7. The van der Waals surface area contributed by atoms with Gasteiger partial charge in [0.1, 0.15) is 0 Å². The molecule has 2 unspecified atom stereocenters. The molecule has 2 rings (SSSR count).